The number of methoxy groups -OCH3 is 1. The van der Waals surface area contributed by atoms with Crippen LogP contribution in [0.3, 0.4) is 0 Å². The minimum absolute atomic E-state index is 0.0966. The van der Waals surface area contributed by atoms with Crippen LogP contribution in [0.5, 0.6) is 0 Å². The number of nitrogens with zero attached hydrogens (tertiary/aromatic N) is 1. The standard InChI is InChI=1S/C21H25ClN2O3S2/c1-3-10-24-11-8-16-17(13-24)29-20(19(16)21(26)27-2)23-18(25)9-12-28-15-6-4-14(22)5-7-15/h4-7H,3,8-13H2,1-2H3,(H,23,25). The van der Waals surface area contributed by atoms with Crippen LogP contribution in [-0.2, 0) is 22.5 Å². The molecule has 8 heteroatoms. The number of thioether (sulfide) groups is 1. The first-order chi connectivity index (χ1) is 14.0. The van der Waals surface area contributed by atoms with Crippen molar-refractivity contribution in [3.8, 4) is 0 Å². The number of hydrogen-bond acceptors (Lipinski definition) is 6. The molecule has 1 aliphatic heterocycles. The van der Waals surface area contributed by atoms with Crippen LogP contribution in [0.25, 0.3) is 0 Å². The Hall–Kier alpha value is -1.54. The van der Waals surface area contributed by atoms with Crippen molar-refractivity contribution in [2.75, 3.05) is 31.3 Å². The summed E-state index contributed by atoms with van der Waals surface area (Å²) in [7, 11) is 1.38. The quantitative estimate of drug-likeness (QED) is 0.447. The molecule has 0 spiro atoms. The highest BCUT2D eigenvalue weighted by atomic mass is 35.5. The highest BCUT2D eigenvalue weighted by Crippen LogP contribution is 2.37. The number of anilines is 1. The Labute approximate surface area is 184 Å². The Kier molecular flexibility index (Phi) is 8.00. The molecule has 0 atom stereocenters. The Bertz CT molecular complexity index is 868. The first-order valence-electron chi connectivity index (χ1n) is 9.65. The number of benzene rings is 1. The molecule has 0 saturated carbocycles. The van der Waals surface area contributed by atoms with Gasteiger partial charge >= 0.3 is 5.97 Å². The SMILES string of the molecule is CCCN1CCc2c(sc(NC(=O)CCSc3ccc(Cl)cc3)c2C(=O)OC)C1. The molecule has 0 aliphatic carbocycles. The van der Waals surface area contributed by atoms with Crippen molar-refractivity contribution < 1.29 is 14.3 Å². The van der Waals surface area contributed by atoms with Gasteiger partial charge in [0.1, 0.15) is 5.00 Å². The van der Waals surface area contributed by atoms with Gasteiger partial charge < -0.3 is 10.1 Å². The van der Waals surface area contributed by atoms with Gasteiger partial charge in [-0.15, -0.1) is 23.1 Å². The number of thiophene rings is 1. The van der Waals surface area contributed by atoms with Crippen molar-refractivity contribution in [3.05, 3.63) is 45.3 Å². The smallest absolute Gasteiger partial charge is 0.341 e. The van der Waals surface area contributed by atoms with Gasteiger partial charge in [-0.3, -0.25) is 9.69 Å². The van der Waals surface area contributed by atoms with Gasteiger partial charge in [0.2, 0.25) is 5.91 Å². The fourth-order valence-corrected chi connectivity index (χ4v) is 5.62. The maximum Gasteiger partial charge on any atom is 0.341 e. The van der Waals surface area contributed by atoms with Gasteiger partial charge in [-0.25, -0.2) is 4.79 Å². The molecule has 0 radical (unpaired) electrons. The third kappa shape index (κ3) is 5.75. The Morgan fingerprint density at radius 2 is 2.07 bits per heavy atom. The van der Waals surface area contributed by atoms with E-state index < -0.39 is 0 Å². The van der Waals surface area contributed by atoms with Gasteiger partial charge in [0.25, 0.3) is 0 Å². The highest BCUT2D eigenvalue weighted by molar-refractivity contribution is 7.99. The average molecular weight is 453 g/mol. The first kappa shape index (κ1) is 22.2. The summed E-state index contributed by atoms with van der Waals surface area (Å²) in [5.41, 5.74) is 1.56. The minimum atomic E-state index is -0.378. The van der Waals surface area contributed by atoms with Crippen LogP contribution >= 0.6 is 34.7 Å². The molecule has 1 N–H and O–H groups in total. The second-order valence-electron chi connectivity index (χ2n) is 6.83. The fourth-order valence-electron chi connectivity index (χ4n) is 3.35. The second-order valence-corrected chi connectivity index (χ2v) is 9.54. The third-order valence-corrected chi connectivity index (χ3v) is 7.13. The van der Waals surface area contributed by atoms with Gasteiger partial charge in [0.05, 0.1) is 12.7 Å². The van der Waals surface area contributed by atoms with Gasteiger partial charge in [0, 0.05) is 40.1 Å². The molecular formula is C21H25ClN2O3S2. The van der Waals surface area contributed by atoms with Crippen LogP contribution in [0, 0.1) is 0 Å². The summed E-state index contributed by atoms with van der Waals surface area (Å²) in [6.45, 7) is 4.94. The molecule has 3 rings (SSSR count). The number of nitrogens with one attached hydrogen (secondary N) is 1. The molecule has 156 valence electrons. The van der Waals surface area contributed by atoms with Crippen molar-refractivity contribution in [1.82, 2.24) is 4.90 Å². The number of halogens is 1. The van der Waals surface area contributed by atoms with Gasteiger partial charge in [-0.2, -0.15) is 0 Å². The van der Waals surface area contributed by atoms with Crippen LogP contribution in [0.1, 0.15) is 40.6 Å². The van der Waals surface area contributed by atoms with Crippen molar-refractivity contribution >= 4 is 51.6 Å². The predicted molar refractivity (Wildman–Crippen MR) is 120 cm³/mol. The van der Waals surface area contributed by atoms with E-state index in [2.05, 4.69) is 17.1 Å². The molecule has 1 amide bonds. The fraction of sp³-hybridized carbons (Fsp3) is 0.429. The number of fused-ring (bicyclic) bond motifs is 1. The summed E-state index contributed by atoms with van der Waals surface area (Å²) in [5, 5.41) is 4.26. The van der Waals surface area contributed by atoms with Crippen molar-refractivity contribution in [1.29, 1.82) is 0 Å². The lowest BCUT2D eigenvalue weighted by atomic mass is 10.0. The molecule has 1 aliphatic rings. The van der Waals surface area contributed by atoms with Crippen LogP contribution in [-0.4, -0.2) is 42.7 Å². The minimum Gasteiger partial charge on any atom is -0.465 e. The molecule has 0 fully saturated rings. The maximum absolute atomic E-state index is 12.5. The average Bonchev–Trinajstić information content (AvgIpc) is 3.06. The molecule has 5 nitrogen and oxygen atoms in total. The highest BCUT2D eigenvalue weighted by Gasteiger charge is 2.29. The molecule has 2 aromatic rings. The van der Waals surface area contributed by atoms with E-state index >= 15 is 0 Å². The normalized spacial score (nSPS) is 13.8. The zero-order chi connectivity index (χ0) is 20.8. The predicted octanol–water partition coefficient (Wildman–Crippen LogP) is 5.08. The van der Waals surface area contributed by atoms with E-state index in [0.29, 0.717) is 27.8 Å². The summed E-state index contributed by atoms with van der Waals surface area (Å²) in [6.07, 6.45) is 2.26. The number of amides is 1. The van der Waals surface area contributed by atoms with Crippen molar-refractivity contribution in [2.24, 2.45) is 0 Å². The number of esters is 1. The van der Waals surface area contributed by atoms with Crippen LogP contribution < -0.4 is 5.32 Å². The topological polar surface area (TPSA) is 58.6 Å². The van der Waals surface area contributed by atoms with E-state index in [1.807, 2.05) is 24.3 Å². The number of carbonyl (C=O) groups excluding carboxylic acids is 2. The lowest BCUT2D eigenvalue weighted by Gasteiger charge is -2.26. The Morgan fingerprint density at radius 3 is 2.76 bits per heavy atom. The molecular weight excluding hydrogens is 428 g/mol. The Balaban J connectivity index is 1.65. The van der Waals surface area contributed by atoms with Gasteiger partial charge in [0.15, 0.2) is 0 Å². The van der Waals surface area contributed by atoms with E-state index in [1.54, 1.807) is 11.8 Å². The van der Waals surface area contributed by atoms with E-state index in [4.69, 9.17) is 16.3 Å². The van der Waals surface area contributed by atoms with Crippen LogP contribution in [0.4, 0.5) is 5.00 Å². The maximum atomic E-state index is 12.5. The van der Waals surface area contributed by atoms with Crippen molar-refractivity contribution in [3.63, 3.8) is 0 Å². The van der Waals surface area contributed by atoms with E-state index in [0.717, 1.165) is 47.8 Å². The van der Waals surface area contributed by atoms with E-state index in [-0.39, 0.29) is 11.9 Å². The summed E-state index contributed by atoms with van der Waals surface area (Å²) in [6, 6.07) is 7.56. The number of hydrogen-bond donors (Lipinski definition) is 1. The van der Waals surface area contributed by atoms with E-state index in [9.17, 15) is 9.59 Å². The van der Waals surface area contributed by atoms with Crippen LogP contribution in [0.2, 0.25) is 5.02 Å². The molecule has 2 heterocycles. The monoisotopic (exact) mass is 452 g/mol. The second kappa shape index (κ2) is 10.5. The first-order valence-corrected chi connectivity index (χ1v) is 11.8. The largest absolute Gasteiger partial charge is 0.465 e. The molecule has 1 aromatic heterocycles. The zero-order valence-electron chi connectivity index (χ0n) is 16.6. The number of ether oxygens (including phenoxy) is 1. The van der Waals surface area contributed by atoms with Crippen molar-refractivity contribution in [2.45, 2.75) is 37.6 Å². The van der Waals surface area contributed by atoms with Gasteiger partial charge in [-0.1, -0.05) is 18.5 Å². The molecule has 0 saturated heterocycles. The summed E-state index contributed by atoms with van der Waals surface area (Å²) >= 11 is 9.00. The summed E-state index contributed by atoms with van der Waals surface area (Å²) < 4.78 is 4.99. The van der Waals surface area contributed by atoms with E-state index in [1.165, 1.54) is 18.4 Å². The molecule has 29 heavy (non-hydrogen) atoms. The molecule has 0 bridgehead atoms. The lowest BCUT2D eigenvalue weighted by molar-refractivity contribution is -0.115. The summed E-state index contributed by atoms with van der Waals surface area (Å²) in [5.74, 6) is 0.175. The van der Waals surface area contributed by atoms with Gasteiger partial charge in [-0.05, 0) is 49.2 Å². The van der Waals surface area contributed by atoms with Crippen LogP contribution in [0.15, 0.2) is 29.2 Å². The molecule has 1 aromatic carbocycles. The molecule has 0 unspecified atom stereocenters. The lowest BCUT2D eigenvalue weighted by Crippen LogP contribution is -2.30. The third-order valence-electron chi connectivity index (χ3n) is 4.73. The zero-order valence-corrected chi connectivity index (χ0v) is 19.0. The Morgan fingerprint density at radius 1 is 1.31 bits per heavy atom. The summed E-state index contributed by atoms with van der Waals surface area (Å²) in [4.78, 5) is 29.5. The number of rotatable bonds is 8. The number of carbonyl (C=O) groups is 2.